The predicted octanol–water partition coefficient (Wildman–Crippen LogP) is 2.02. The zero-order valence-corrected chi connectivity index (χ0v) is 12.1. The van der Waals surface area contributed by atoms with Gasteiger partial charge in [-0.1, -0.05) is 20.8 Å². The lowest BCUT2D eigenvalue weighted by Crippen LogP contribution is -2.47. The molecule has 0 aromatic carbocycles. The lowest BCUT2D eigenvalue weighted by molar-refractivity contribution is -0.141. The fraction of sp³-hybridized carbons (Fsp3) is 0.857. The molecule has 108 valence electrons. The van der Waals surface area contributed by atoms with Crippen LogP contribution in [0.5, 0.6) is 0 Å². The number of amides is 2. The van der Waals surface area contributed by atoms with Crippen LogP contribution in [0.2, 0.25) is 0 Å². The number of carbonyl (C=O) groups excluding carboxylic acids is 1. The van der Waals surface area contributed by atoms with E-state index in [4.69, 9.17) is 5.11 Å². The summed E-state index contributed by atoms with van der Waals surface area (Å²) in [6.45, 7) is 8.67. The van der Waals surface area contributed by atoms with Crippen LogP contribution in [0.4, 0.5) is 4.79 Å². The zero-order valence-electron chi connectivity index (χ0n) is 12.1. The van der Waals surface area contributed by atoms with E-state index >= 15 is 0 Å². The topological polar surface area (TPSA) is 60.9 Å². The van der Waals surface area contributed by atoms with Crippen molar-refractivity contribution in [3.05, 3.63) is 0 Å². The molecular weight excluding hydrogens is 244 g/mol. The van der Waals surface area contributed by atoms with Crippen LogP contribution >= 0.6 is 0 Å². The summed E-state index contributed by atoms with van der Waals surface area (Å²) in [4.78, 5) is 26.9. The van der Waals surface area contributed by atoms with Gasteiger partial charge in [0.15, 0.2) is 0 Å². The lowest BCUT2D eigenvalue weighted by Gasteiger charge is -2.30. The summed E-state index contributed by atoms with van der Waals surface area (Å²) >= 11 is 0. The van der Waals surface area contributed by atoms with Crippen molar-refractivity contribution < 1.29 is 14.7 Å². The Hall–Kier alpha value is -1.26. The van der Waals surface area contributed by atoms with Gasteiger partial charge in [0.05, 0.1) is 0 Å². The van der Waals surface area contributed by atoms with Gasteiger partial charge < -0.3 is 14.9 Å². The summed E-state index contributed by atoms with van der Waals surface area (Å²) in [6.07, 6.45) is 2.39. The molecule has 2 rings (SSSR count). The van der Waals surface area contributed by atoms with E-state index in [-0.39, 0.29) is 11.4 Å². The van der Waals surface area contributed by atoms with E-state index < -0.39 is 12.0 Å². The number of aliphatic carboxylic acids is 1. The Kier molecular flexibility index (Phi) is 3.74. The molecule has 0 aliphatic carbocycles. The van der Waals surface area contributed by atoms with Crippen LogP contribution in [-0.2, 0) is 4.79 Å². The molecule has 2 amide bonds. The van der Waals surface area contributed by atoms with E-state index in [1.807, 2.05) is 4.90 Å². The summed E-state index contributed by atoms with van der Waals surface area (Å²) in [7, 11) is 0. The van der Waals surface area contributed by atoms with Crippen molar-refractivity contribution in [2.75, 3.05) is 19.6 Å². The lowest BCUT2D eigenvalue weighted by atomic mass is 9.80. The summed E-state index contributed by atoms with van der Waals surface area (Å²) in [5.41, 5.74) is 0.201. The average molecular weight is 268 g/mol. The van der Waals surface area contributed by atoms with Crippen molar-refractivity contribution in [3.8, 4) is 0 Å². The Bertz CT molecular complexity index is 375. The van der Waals surface area contributed by atoms with E-state index in [9.17, 15) is 9.59 Å². The minimum absolute atomic E-state index is 0.0864. The first-order chi connectivity index (χ1) is 8.80. The molecule has 2 aliphatic rings. The van der Waals surface area contributed by atoms with Crippen LogP contribution < -0.4 is 0 Å². The van der Waals surface area contributed by atoms with Crippen molar-refractivity contribution in [3.63, 3.8) is 0 Å². The number of nitrogens with zero attached hydrogens (tertiary/aromatic N) is 2. The fourth-order valence-corrected chi connectivity index (χ4v) is 3.07. The molecule has 5 nitrogen and oxygen atoms in total. The first kappa shape index (κ1) is 14.2. The molecule has 19 heavy (non-hydrogen) atoms. The molecule has 1 N–H and O–H groups in total. The highest BCUT2D eigenvalue weighted by molar-refractivity contribution is 5.83. The fourth-order valence-electron chi connectivity index (χ4n) is 3.07. The van der Waals surface area contributed by atoms with Crippen LogP contribution in [0.3, 0.4) is 0 Å². The summed E-state index contributed by atoms with van der Waals surface area (Å²) in [6, 6.07) is -0.710. The standard InChI is InChI=1S/C14H24N2O3/c1-14(2,3)10-6-8-15(9-10)13(19)16-7-4-5-11(16)12(17)18/h10-11H,4-9H2,1-3H3,(H,17,18). The molecule has 0 aromatic rings. The van der Waals surface area contributed by atoms with Crippen LogP contribution in [0.15, 0.2) is 0 Å². The molecular formula is C14H24N2O3. The molecule has 0 aromatic heterocycles. The second kappa shape index (κ2) is 5.02. The van der Waals surface area contributed by atoms with Gasteiger partial charge in [-0.3, -0.25) is 0 Å². The number of carboxylic acids is 1. The highest BCUT2D eigenvalue weighted by Gasteiger charge is 2.40. The van der Waals surface area contributed by atoms with Crippen molar-refractivity contribution in [2.24, 2.45) is 11.3 Å². The number of hydrogen-bond donors (Lipinski definition) is 1. The molecule has 0 saturated carbocycles. The summed E-state index contributed by atoms with van der Waals surface area (Å²) in [5.74, 6) is -0.375. The average Bonchev–Trinajstić information content (AvgIpc) is 2.96. The normalized spacial score (nSPS) is 27.9. The maximum atomic E-state index is 12.4. The Morgan fingerprint density at radius 2 is 1.84 bits per heavy atom. The van der Waals surface area contributed by atoms with E-state index in [0.717, 1.165) is 25.9 Å². The second-order valence-electron chi connectivity index (χ2n) is 6.77. The third-order valence-corrected chi connectivity index (χ3v) is 4.47. The van der Waals surface area contributed by atoms with Gasteiger partial charge in [0, 0.05) is 19.6 Å². The molecule has 0 bridgehead atoms. The predicted molar refractivity (Wildman–Crippen MR) is 71.9 cm³/mol. The second-order valence-corrected chi connectivity index (χ2v) is 6.77. The maximum Gasteiger partial charge on any atom is 0.326 e. The Morgan fingerprint density at radius 3 is 2.37 bits per heavy atom. The van der Waals surface area contributed by atoms with Crippen LogP contribution in [0, 0.1) is 11.3 Å². The zero-order chi connectivity index (χ0) is 14.2. The van der Waals surface area contributed by atoms with Crippen molar-refractivity contribution in [1.82, 2.24) is 9.80 Å². The number of hydrogen-bond acceptors (Lipinski definition) is 2. The molecule has 2 aliphatic heterocycles. The smallest absolute Gasteiger partial charge is 0.326 e. The molecule has 0 spiro atoms. The van der Waals surface area contributed by atoms with Gasteiger partial charge in [-0.25, -0.2) is 9.59 Å². The highest BCUT2D eigenvalue weighted by Crippen LogP contribution is 2.34. The molecule has 2 saturated heterocycles. The van der Waals surface area contributed by atoms with Crippen molar-refractivity contribution >= 4 is 12.0 Å². The van der Waals surface area contributed by atoms with Crippen molar-refractivity contribution in [1.29, 1.82) is 0 Å². The minimum Gasteiger partial charge on any atom is -0.480 e. The number of carboxylic acid groups (broad SMARTS) is 1. The van der Waals surface area contributed by atoms with Crippen LogP contribution in [-0.4, -0.2) is 52.6 Å². The van der Waals surface area contributed by atoms with Gasteiger partial charge in [0.2, 0.25) is 0 Å². The highest BCUT2D eigenvalue weighted by atomic mass is 16.4. The molecule has 2 atom stereocenters. The largest absolute Gasteiger partial charge is 0.480 e. The molecule has 0 radical (unpaired) electrons. The Morgan fingerprint density at radius 1 is 1.16 bits per heavy atom. The van der Waals surface area contributed by atoms with Gasteiger partial charge in [-0.2, -0.15) is 0 Å². The van der Waals surface area contributed by atoms with Crippen LogP contribution in [0.25, 0.3) is 0 Å². The van der Waals surface area contributed by atoms with Gasteiger partial charge >= 0.3 is 12.0 Å². The van der Waals surface area contributed by atoms with Gasteiger partial charge in [-0.05, 0) is 30.6 Å². The monoisotopic (exact) mass is 268 g/mol. The maximum absolute atomic E-state index is 12.4. The van der Waals surface area contributed by atoms with E-state index in [1.165, 1.54) is 4.90 Å². The molecule has 2 fully saturated rings. The van der Waals surface area contributed by atoms with Crippen molar-refractivity contribution in [2.45, 2.75) is 46.1 Å². The molecule has 5 heteroatoms. The van der Waals surface area contributed by atoms with E-state index in [1.54, 1.807) is 0 Å². The van der Waals surface area contributed by atoms with Gasteiger partial charge in [0.1, 0.15) is 6.04 Å². The minimum atomic E-state index is -0.877. The number of carbonyl (C=O) groups is 2. The molecule has 2 heterocycles. The first-order valence-corrected chi connectivity index (χ1v) is 7.09. The molecule has 2 unspecified atom stereocenters. The SMILES string of the molecule is CC(C)(C)C1CCN(C(=O)N2CCCC2C(=O)O)C1. The summed E-state index contributed by atoms with van der Waals surface area (Å²) in [5, 5.41) is 9.14. The van der Waals surface area contributed by atoms with E-state index in [2.05, 4.69) is 20.8 Å². The Labute approximate surface area is 114 Å². The van der Waals surface area contributed by atoms with E-state index in [0.29, 0.717) is 18.9 Å². The van der Waals surface area contributed by atoms with Gasteiger partial charge in [-0.15, -0.1) is 0 Å². The first-order valence-electron chi connectivity index (χ1n) is 7.09. The Balaban J connectivity index is 2.00. The number of rotatable bonds is 1. The van der Waals surface area contributed by atoms with Crippen LogP contribution in [0.1, 0.15) is 40.0 Å². The van der Waals surface area contributed by atoms with Gasteiger partial charge in [0.25, 0.3) is 0 Å². The third kappa shape index (κ3) is 2.85. The quantitative estimate of drug-likeness (QED) is 0.791. The third-order valence-electron chi connectivity index (χ3n) is 4.47. The summed E-state index contributed by atoms with van der Waals surface area (Å²) < 4.78 is 0. The number of urea groups is 1. The number of likely N-dealkylation sites (tertiary alicyclic amines) is 2.